The van der Waals surface area contributed by atoms with Crippen LogP contribution in [0.5, 0.6) is 0 Å². The summed E-state index contributed by atoms with van der Waals surface area (Å²) >= 11 is 0. The van der Waals surface area contributed by atoms with E-state index >= 15 is 0 Å². The number of carbonyl (C=O) groups is 1. The van der Waals surface area contributed by atoms with Crippen LogP contribution in [0, 0.1) is 5.92 Å². The zero-order valence-corrected chi connectivity index (χ0v) is 11.6. The first kappa shape index (κ1) is 14.2. The average Bonchev–Trinajstić information content (AvgIpc) is 3.05. The first-order valence-corrected chi connectivity index (χ1v) is 6.55. The van der Waals surface area contributed by atoms with Gasteiger partial charge in [-0.3, -0.25) is 4.79 Å². The van der Waals surface area contributed by atoms with Gasteiger partial charge >= 0.3 is 0 Å². The van der Waals surface area contributed by atoms with Gasteiger partial charge in [0.2, 0.25) is 0 Å². The fourth-order valence-electron chi connectivity index (χ4n) is 2.53. The number of nitrogens with one attached hydrogen (secondary N) is 2. The highest BCUT2D eigenvalue weighted by Crippen LogP contribution is 2.23. The number of hydrogen-bond acceptors (Lipinski definition) is 3. The van der Waals surface area contributed by atoms with Crippen LogP contribution < -0.4 is 10.6 Å². The molecule has 2 heterocycles. The van der Waals surface area contributed by atoms with Crippen LogP contribution in [0.15, 0.2) is 18.2 Å². The smallest absolute Gasteiger partial charge is 0.251 e. The molecule has 1 aromatic carbocycles. The van der Waals surface area contributed by atoms with Gasteiger partial charge in [-0.2, -0.15) is 0 Å². The lowest BCUT2D eigenvalue weighted by atomic mass is 10.1. The lowest BCUT2D eigenvalue weighted by Gasteiger charge is -2.10. The van der Waals surface area contributed by atoms with E-state index in [-0.39, 0.29) is 18.3 Å². The molecule has 1 fully saturated rings. The number of fused-ring (bicyclic) bond motifs is 1. The van der Waals surface area contributed by atoms with Crippen molar-refractivity contribution in [3.63, 3.8) is 0 Å². The average molecular weight is 283 g/mol. The first-order valence-electron chi connectivity index (χ1n) is 6.55. The number of halogens is 1. The maximum atomic E-state index is 12.0. The number of carbonyl (C=O) groups excluding carboxylic acids is 1. The van der Waals surface area contributed by atoms with Crippen molar-refractivity contribution in [2.75, 3.05) is 31.6 Å². The molecule has 2 aliphatic heterocycles. The van der Waals surface area contributed by atoms with Crippen molar-refractivity contribution < 1.29 is 9.53 Å². The molecule has 104 valence electrons. The van der Waals surface area contributed by atoms with Crippen LogP contribution in [-0.4, -0.2) is 32.2 Å². The fraction of sp³-hybridized carbons (Fsp3) is 0.500. The van der Waals surface area contributed by atoms with Crippen molar-refractivity contribution >= 4 is 24.0 Å². The third kappa shape index (κ3) is 3.19. The van der Waals surface area contributed by atoms with Gasteiger partial charge in [0.1, 0.15) is 0 Å². The number of ether oxygens (including phenoxy) is 1. The molecule has 5 heteroatoms. The van der Waals surface area contributed by atoms with Gasteiger partial charge in [0.15, 0.2) is 0 Å². The van der Waals surface area contributed by atoms with E-state index in [1.54, 1.807) is 0 Å². The zero-order chi connectivity index (χ0) is 12.4. The highest BCUT2D eigenvalue weighted by atomic mass is 35.5. The Morgan fingerprint density at radius 3 is 3.16 bits per heavy atom. The number of anilines is 1. The SMILES string of the molecule is Cl.O=C(NCC1CCOC1)c1ccc2c(c1)CCN2. The molecule has 4 nitrogen and oxygen atoms in total. The minimum Gasteiger partial charge on any atom is -0.384 e. The van der Waals surface area contributed by atoms with Crippen molar-refractivity contribution in [3.8, 4) is 0 Å². The number of amides is 1. The van der Waals surface area contributed by atoms with Gasteiger partial charge in [0.25, 0.3) is 5.91 Å². The molecule has 1 saturated heterocycles. The Labute approximate surface area is 119 Å². The predicted molar refractivity (Wildman–Crippen MR) is 77.1 cm³/mol. The Morgan fingerprint density at radius 1 is 1.47 bits per heavy atom. The van der Waals surface area contributed by atoms with Crippen LogP contribution in [0.1, 0.15) is 22.3 Å². The van der Waals surface area contributed by atoms with E-state index < -0.39 is 0 Å². The summed E-state index contributed by atoms with van der Waals surface area (Å²) in [7, 11) is 0. The largest absolute Gasteiger partial charge is 0.384 e. The summed E-state index contributed by atoms with van der Waals surface area (Å²) in [6, 6.07) is 5.88. The molecule has 3 rings (SSSR count). The molecule has 19 heavy (non-hydrogen) atoms. The van der Waals surface area contributed by atoms with E-state index in [4.69, 9.17) is 4.74 Å². The first-order chi connectivity index (χ1) is 8.83. The molecular weight excluding hydrogens is 264 g/mol. The third-order valence-corrected chi connectivity index (χ3v) is 3.65. The van der Waals surface area contributed by atoms with Gasteiger partial charge in [0, 0.05) is 36.9 Å². The van der Waals surface area contributed by atoms with E-state index in [0.29, 0.717) is 12.5 Å². The quantitative estimate of drug-likeness (QED) is 0.889. The number of rotatable bonds is 3. The van der Waals surface area contributed by atoms with Crippen LogP contribution in [0.3, 0.4) is 0 Å². The molecule has 0 radical (unpaired) electrons. The van der Waals surface area contributed by atoms with Gasteiger partial charge in [-0.05, 0) is 36.6 Å². The van der Waals surface area contributed by atoms with Crippen LogP contribution in [-0.2, 0) is 11.2 Å². The molecule has 1 aromatic rings. The van der Waals surface area contributed by atoms with Gasteiger partial charge in [-0.25, -0.2) is 0 Å². The monoisotopic (exact) mass is 282 g/mol. The second-order valence-corrected chi connectivity index (χ2v) is 4.99. The summed E-state index contributed by atoms with van der Waals surface area (Å²) in [6.45, 7) is 3.29. The molecule has 0 saturated carbocycles. The summed E-state index contributed by atoms with van der Waals surface area (Å²) in [5, 5.41) is 6.29. The summed E-state index contributed by atoms with van der Waals surface area (Å²) in [5.41, 5.74) is 3.17. The Bertz CT molecular complexity index is 459. The van der Waals surface area contributed by atoms with Crippen LogP contribution >= 0.6 is 12.4 Å². The van der Waals surface area contributed by atoms with Gasteiger partial charge in [0.05, 0.1) is 6.61 Å². The Balaban J connectivity index is 0.00000133. The standard InChI is InChI=1S/C14H18N2O2.ClH/c17-14(16-8-10-4-6-18-9-10)12-1-2-13-11(7-12)3-5-15-13;/h1-2,7,10,15H,3-6,8-9H2,(H,16,17);1H. The van der Waals surface area contributed by atoms with Crippen LogP contribution in [0.25, 0.3) is 0 Å². The summed E-state index contributed by atoms with van der Waals surface area (Å²) in [4.78, 5) is 12.0. The van der Waals surface area contributed by atoms with Crippen molar-refractivity contribution in [1.29, 1.82) is 0 Å². The molecule has 0 bridgehead atoms. The molecule has 1 amide bonds. The highest BCUT2D eigenvalue weighted by molar-refractivity contribution is 5.95. The number of benzene rings is 1. The Morgan fingerprint density at radius 2 is 2.37 bits per heavy atom. The van der Waals surface area contributed by atoms with Gasteiger partial charge in [-0.15, -0.1) is 12.4 Å². The second-order valence-electron chi connectivity index (χ2n) is 4.99. The van der Waals surface area contributed by atoms with Crippen LogP contribution in [0.2, 0.25) is 0 Å². The normalized spacial score (nSPS) is 20.3. The summed E-state index contributed by atoms with van der Waals surface area (Å²) in [6.07, 6.45) is 2.06. The fourth-order valence-corrected chi connectivity index (χ4v) is 2.53. The van der Waals surface area contributed by atoms with Gasteiger partial charge < -0.3 is 15.4 Å². The lowest BCUT2D eigenvalue weighted by molar-refractivity contribution is 0.0945. The van der Waals surface area contributed by atoms with Gasteiger partial charge in [-0.1, -0.05) is 0 Å². The van der Waals surface area contributed by atoms with E-state index in [9.17, 15) is 4.79 Å². The molecule has 0 aliphatic carbocycles. The Kier molecular flexibility index (Phi) is 4.66. The van der Waals surface area contributed by atoms with E-state index in [0.717, 1.165) is 43.9 Å². The topological polar surface area (TPSA) is 50.4 Å². The predicted octanol–water partition coefficient (Wildman–Crippen LogP) is 1.84. The molecular formula is C14H19ClN2O2. The summed E-state index contributed by atoms with van der Waals surface area (Å²) in [5.74, 6) is 0.502. The summed E-state index contributed by atoms with van der Waals surface area (Å²) < 4.78 is 5.30. The van der Waals surface area contributed by atoms with Crippen molar-refractivity contribution in [3.05, 3.63) is 29.3 Å². The molecule has 2 N–H and O–H groups in total. The van der Waals surface area contributed by atoms with E-state index in [1.807, 2.05) is 18.2 Å². The molecule has 1 atom stereocenters. The van der Waals surface area contributed by atoms with Crippen LogP contribution in [0.4, 0.5) is 5.69 Å². The zero-order valence-electron chi connectivity index (χ0n) is 10.8. The molecule has 0 aromatic heterocycles. The van der Waals surface area contributed by atoms with E-state index in [2.05, 4.69) is 10.6 Å². The van der Waals surface area contributed by atoms with Crippen molar-refractivity contribution in [2.24, 2.45) is 5.92 Å². The second kappa shape index (κ2) is 6.26. The Hall–Kier alpha value is -1.26. The number of hydrogen-bond donors (Lipinski definition) is 2. The molecule has 1 unspecified atom stereocenters. The van der Waals surface area contributed by atoms with Crippen molar-refractivity contribution in [2.45, 2.75) is 12.8 Å². The maximum absolute atomic E-state index is 12.0. The lowest BCUT2D eigenvalue weighted by Crippen LogP contribution is -2.29. The molecule has 2 aliphatic rings. The minimum absolute atomic E-state index is 0. The highest BCUT2D eigenvalue weighted by Gasteiger charge is 2.17. The van der Waals surface area contributed by atoms with Crippen molar-refractivity contribution in [1.82, 2.24) is 5.32 Å². The van der Waals surface area contributed by atoms with E-state index in [1.165, 1.54) is 5.56 Å². The third-order valence-electron chi connectivity index (χ3n) is 3.65. The molecule has 0 spiro atoms. The maximum Gasteiger partial charge on any atom is 0.251 e. The minimum atomic E-state index is 0.